The lowest BCUT2D eigenvalue weighted by atomic mass is 9.68. The smallest absolute Gasteiger partial charge is 0.0613 e. The first kappa shape index (κ1) is 19.2. The van der Waals surface area contributed by atoms with Gasteiger partial charge in [0.05, 0.1) is 5.48 Å². The SMILES string of the molecule is [2H]c1c([2H])c(-c2ccc3ccc4cccc5ccc2c3c45)c([2H])c([2H])c1-c1ccc2c(c1)-c1cccc3cccc(c13)C2(C)C. The second kappa shape index (κ2) is 8.05. The topological polar surface area (TPSA) is 0 Å². The molecular weight excluding hydrogens is 492 g/mol. The zero-order chi connectivity index (χ0) is 30.8. The summed E-state index contributed by atoms with van der Waals surface area (Å²) in [6.45, 7) is 4.49. The number of fused-ring (bicyclic) bond motifs is 2. The maximum Gasteiger partial charge on any atom is 0.0629 e. The van der Waals surface area contributed by atoms with E-state index in [-0.39, 0.29) is 29.6 Å². The second-order valence-electron chi connectivity index (χ2n) is 11.8. The number of rotatable bonds is 2. The Morgan fingerprint density at radius 1 is 0.439 bits per heavy atom. The maximum absolute atomic E-state index is 9.24. The first-order chi connectivity index (χ1) is 21.8. The lowest BCUT2D eigenvalue weighted by molar-refractivity contribution is 0.645. The average molecular weight is 525 g/mol. The van der Waals surface area contributed by atoms with Gasteiger partial charge in [0.1, 0.15) is 0 Å². The van der Waals surface area contributed by atoms with Crippen LogP contribution in [-0.4, -0.2) is 0 Å². The Morgan fingerprint density at radius 2 is 1.05 bits per heavy atom. The van der Waals surface area contributed by atoms with Crippen LogP contribution in [0.25, 0.3) is 76.5 Å². The zero-order valence-corrected chi connectivity index (χ0v) is 22.9. The minimum absolute atomic E-state index is 0.0217. The predicted octanol–water partition coefficient (Wildman–Crippen LogP) is 11.4. The molecule has 192 valence electrons. The summed E-state index contributed by atoms with van der Waals surface area (Å²) in [5.74, 6) is 0. The standard InChI is InChI=1S/C41H28/c1-41(2)36-23-20-31(24-35(36)33-10-4-8-27-9-5-11-37(41)39(27)33)25-12-14-26(15-13-25)32-21-18-30-17-16-28-6-3-7-29-19-22-34(32)40(30)38(28)29/h3-24H,1-2H3/i12D,13D,14D,15D. The van der Waals surface area contributed by atoms with Gasteiger partial charge in [-0.05, 0) is 93.7 Å². The molecule has 0 saturated heterocycles. The third kappa shape index (κ3) is 3.11. The van der Waals surface area contributed by atoms with Gasteiger partial charge in [-0.25, -0.2) is 0 Å². The van der Waals surface area contributed by atoms with E-state index in [0.717, 1.165) is 49.0 Å². The molecule has 0 aromatic heterocycles. The molecule has 0 bridgehead atoms. The van der Waals surface area contributed by atoms with Crippen LogP contribution in [-0.2, 0) is 5.41 Å². The van der Waals surface area contributed by atoms with Gasteiger partial charge in [-0.3, -0.25) is 0 Å². The number of benzene rings is 8. The van der Waals surface area contributed by atoms with Crippen LogP contribution in [0.3, 0.4) is 0 Å². The van der Waals surface area contributed by atoms with Crippen LogP contribution in [0.15, 0.2) is 133 Å². The minimum atomic E-state index is -0.227. The van der Waals surface area contributed by atoms with E-state index >= 15 is 0 Å². The third-order valence-electron chi connectivity index (χ3n) is 9.27. The molecule has 0 radical (unpaired) electrons. The molecule has 0 aliphatic heterocycles. The van der Waals surface area contributed by atoms with Gasteiger partial charge in [0.15, 0.2) is 0 Å². The monoisotopic (exact) mass is 524 g/mol. The molecule has 0 spiro atoms. The summed E-state index contributed by atoms with van der Waals surface area (Å²) < 4.78 is 37.0. The van der Waals surface area contributed by atoms with Crippen LogP contribution in [0.5, 0.6) is 0 Å². The van der Waals surface area contributed by atoms with Gasteiger partial charge in [0.25, 0.3) is 0 Å². The highest BCUT2D eigenvalue weighted by Crippen LogP contribution is 2.49. The summed E-state index contributed by atoms with van der Waals surface area (Å²) in [5.41, 5.74) is 6.56. The van der Waals surface area contributed by atoms with Crippen molar-refractivity contribution in [3.05, 3.63) is 144 Å². The molecular formula is C41H28. The van der Waals surface area contributed by atoms with Crippen LogP contribution in [0.2, 0.25) is 0 Å². The highest BCUT2D eigenvalue weighted by atomic mass is 14.4. The van der Waals surface area contributed by atoms with E-state index in [2.05, 4.69) is 105 Å². The van der Waals surface area contributed by atoms with Crippen molar-refractivity contribution in [3.8, 4) is 33.4 Å². The van der Waals surface area contributed by atoms with Gasteiger partial charge in [-0.1, -0.05) is 141 Å². The summed E-state index contributed by atoms with van der Waals surface area (Å²) in [6, 6.07) is 37.6. The van der Waals surface area contributed by atoms with Crippen LogP contribution >= 0.6 is 0 Å². The molecule has 0 unspecified atom stereocenters. The quantitative estimate of drug-likeness (QED) is 0.197. The lowest BCUT2D eigenvalue weighted by Crippen LogP contribution is -2.23. The fourth-order valence-corrected chi connectivity index (χ4v) is 7.24. The van der Waals surface area contributed by atoms with E-state index in [0.29, 0.717) is 16.7 Å². The van der Waals surface area contributed by atoms with Gasteiger partial charge < -0.3 is 0 Å². The summed E-state index contributed by atoms with van der Waals surface area (Å²) in [4.78, 5) is 0. The molecule has 0 atom stereocenters. The van der Waals surface area contributed by atoms with Crippen LogP contribution in [0.1, 0.15) is 30.5 Å². The van der Waals surface area contributed by atoms with Gasteiger partial charge in [0, 0.05) is 5.41 Å². The van der Waals surface area contributed by atoms with Crippen LogP contribution < -0.4 is 0 Å². The molecule has 1 aliphatic carbocycles. The Kier molecular flexibility index (Phi) is 3.77. The first-order valence-electron chi connectivity index (χ1n) is 16.2. The molecule has 0 heteroatoms. The molecule has 0 N–H and O–H groups in total. The number of hydrogen-bond acceptors (Lipinski definition) is 0. The van der Waals surface area contributed by atoms with Crippen molar-refractivity contribution in [3.63, 3.8) is 0 Å². The van der Waals surface area contributed by atoms with E-state index < -0.39 is 0 Å². The maximum atomic E-state index is 9.24. The Morgan fingerprint density at radius 3 is 1.83 bits per heavy atom. The molecule has 0 heterocycles. The molecule has 0 nitrogen and oxygen atoms in total. The highest BCUT2D eigenvalue weighted by molar-refractivity contribution is 6.25. The van der Waals surface area contributed by atoms with Crippen molar-refractivity contribution in [1.82, 2.24) is 0 Å². The van der Waals surface area contributed by atoms with Crippen molar-refractivity contribution >= 4 is 43.1 Å². The van der Waals surface area contributed by atoms with Crippen molar-refractivity contribution in [2.24, 2.45) is 0 Å². The summed E-state index contributed by atoms with van der Waals surface area (Å²) >= 11 is 0. The Labute approximate surface area is 245 Å². The third-order valence-corrected chi connectivity index (χ3v) is 9.27. The second-order valence-corrected chi connectivity index (χ2v) is 11.8. The van der Waals surface area contributed by atoms with E-state index in [1.807, 2.05) is 18.2 Å². The predicted molar refractivity (Wildman–Crippen MR) is 176 cm³/mol. The summed E-state index contributed by atoms with van der Waals surface area (Å²) in [7, 11) is 0. The van der Waals surface area contributed by atoms with Gasteiger partial charge in [-0.15, -0.1) is 0 Å². The molecule has 41 heavy (non-hydrogen) atoms. The Hall–Kier alpha value is -4.94. The molecule has 0 amide bonds. The Balaban J connectivity index is 1.28. The van der Waals surface area contributed by atoms with Gasteiger partial charge in [0.2, 0.25) is 0 Å². The minimum Gasteiger partial charge on any atom is -0.0613 e. The normalized spacial score (nSPS) is 15.2. The first-order valence-corrected chi connectivity index (χ1v) is 14.2. The lowest BCUT2D eigenvalue weighted by Gasteiger charge is -2.35. The number of hydrogen-bond donors (Lipinski definition) is 0. The van der Waals surface area contributed by atoms with Gasteiger partial charge in [-0.2, -0.15) is 0 Å². The fourth-order valence-electron chi connectivity index (χ4n) is 7.24. The molecule has 0 saturated carbocycles. The molecule has 1 aliphatic rings. The van der Waals surface area contributed by atoms with E-state index in [1.165, 1.54) is 21.9 Å². The Bertz CT molecular complexity index is 2510. The largest absolute Gasteiger partial charge is 0.0629 e. The molecule has 9 rings (SSSR count). The van der Waals surface area contributed by atoms with Crippen LogP contribution in [0, 0.1) is 0 Å². The van der Waals surface area contributed by atoms with Crippen molar-refractivity contribution in [1.29, 1.82) is 0 Å². The average Bonchev–Trinajstić information content (AvgIpc) is 3.06. The van der Waals surface area contributed by atoms with Crippen molar-refractivity contribution < 1.29 is 5.48 Å². The van der Waals surface area contributed by atoms with E-state index in [4.69, 9.17) is 0 Å². The highest BCUT2D eigenvalue weighted by Gasteiger charge is 2.33. The zero-order valence-electron chi connectivity index (χ0n) is 26.9. The van der Waals surface area contributed by atoms with E-state index in [9.17, 15) is 5.48 Å². The fraction of sp³-hybridized carbons (Fsp3) is 0.0732. The van der Waals surface area contributed by atoms with Gasteiger partial charge >= 0.3 is 0 Å². The molecule has 8 aromatic rings. The summed E-state index contributed by atoms with van der Waals surface area (Å²) in [5, 5.41) is 9.00. The van der Waals surface area contributed by atoms with Crippen molar-refractivity contribution in [2.75, 3.05) is 0 Å². The van der Waals surface area contributed by atoms with Crippen molar-refractivity contribution in [2.45, 2.75) is 19.3 Å². The van der Waals surface area contributed by atoms with E-state index in [1.54, 1.807) is 0 Å². The molecule has 8 aromatic carbocycles. The molecule has 0 fully saturated rings. The van der Waals surface area contributed by atoms with Crippen LogP contribution in [0.4, 0.5) is 0 Å². The summed E-state index contributed by atoms with van der Waals surface area (Å²) in [6.07, 6.45) is 0.